The van der Waals surface area contributed by atoms with Crippen molar-refractivity contribution in [3.05, 3.63) is 46.8 Å². The quantitative estimate of drug-likeness (QED) is 0.382. The first-order valence-electron chi connectivity index (χ1n) is 11.9. The van der Waals surface area contributed by atoms with E-state index in [0.717, 1.165) is 25.0 Å². The van der Waals surface area contributed by atoms with Gasteiger partial charge in [-0.1, -0.05) is 38.5 Å². The number of thioether (sulfide) groups is 1. The average molecular weight is 504 g/mol. The van der Waals surface area contributed by atoms with Crippen LogP contribution >= 0.6 is 11.8 Å². The molecule has 35 heavy (non-hydrogen) atoms. The molecule has 1 saturated carbocycles. The Kier molecular flexibility index (Phi) is 7.35. The molecule has 1 fully saturated rings. The number of hydrogen-bond donors (Lipinski definition) is 3. The molecule has 0 bridgehead atoms. The number of ketones is 1. The fourth-order valence-corrected chi connectivity index (χ4v) is 5.22. The molecule has 0 radical (unpaired) electrons. The van der Waals surface area contributed by atoms with Crippen molar-refractivity contribution in [3.63, 3.8) is 0 Å². The minimum Gasteiger partial charge on any atom is -0.354 e. The van der Waals surface area contributed by atoms with Gasteiger partial charge in [0.25, 0.3) is 11.7 Å². The van der Waals surface area contributed by atoms with Crippen LogP contribution in [0.5, 0.6) is 0 Å². The molecule has 1 aromatic heterocycles. The van der Waals surface area contributed by atoms with Crippen LogP contribution in [0.15, 0.2) is 29.2 Å². The minimum atomic E-state index is -2.51. The highest BCUT2D eigenvalue weighted by Gasteiger charge is 2.36. The number of carbonyl (C=O) groups is 3. The SMILES string of the molecule is Cc1c(C(=O)NC(CCC2CC2)C(=O)Nc2ccc(SC(F)F)cc2)[nH]c2c1C(=O)CC(C)(C)C2. The molecule has 188 valence electrons. The molecule has 1 unspecified atom stereocenters. The summed E-state index contributed by atoms with van der Waals surface area (Å²) in [6.45, 7) is 5.82. The van der Waals surface area contributed by atoms with Crippen molar-refractivity contribution < 1.29 is 23.2 Å². The van der Waals surface area contributed by atoms with Gasteiger partial charge >= 0.3 is 0 Å². The Morgan fingerprint density at radius 2 is 1.86 bits per heavy atom. The molecule has 1 aromatic carbocycles. The molecule has 0 saturated heterocycles. The van der Waals surface area contributed by atoms with Gasteiger partial charge in [0.15, 0.2) is 5.78 Å². The number of anilines is 1. The number of H-pyrrole nitrogens is 1. The largest absolute Gasteiger partial charge is 0.354 e. The van der Waals surface area contributed by atoms with Gasteiger partial charge in [0.1, 0.15) is 11.7 Å². The van der Waals surface area contributed by atoms with Crippen molar-refractivity contribution in [2.75, 3.05) is 5.32 Å². The zero-order valence-electron chi connectivity index (χ0n) is 20.2. The van der Waals surface area contributed by atoms with Gasteiger partial charge in [0, 0.05) is 28.3 Å². The first-order chi connectivity index (χ1) is 16.5. The fraction of sp³-hybridized carbons (Fsp3) is 0.500. The van der Waals surface area contributed by atoms with E-state index in [0.29, 0.717) is 64.3 Å². The molecule has 2 amide bonds. The van der Waals surface area contributed by atoms with Crippen molar-refractivity contribution in [3.8, 4) is 0 Å². The summed E-state index contributed by atoms with van der Waals surface area (Å²) >= 11 is 0.439. The zero-order valence-corrected chi connectivity index (χ0v) is 21.0. The predicted octanol–water partition coefficient (Wildman–Crippen LogP) is 5.72. The van der Waals surface area contributed by atoms with E-state index in [1.165, 1.54) is 12.1 Å². The summed E-state index contributed by atoms with van der Waals surface area (Å²) in [6.07, 6.45) is 4.69. The van der Waals surface area contributed by atoms with Crippen molar-refractivity contribution in [1.82, 2.24) is 10.3 Å². The monoisotopic (exact) mass is 503 g/mol. The van der Waals surface area contributed by atoms with Crippen LogP contribution in [-0.2, 0) is 11.2 Å². The van der Waals surface area contributed by atoms with Crippen LogP contribution < -0.4 is 10.6 Å². The molecule has 4 rings (SSSR count). The summed E-state index contributed by atoms with van der Waals surface area (Å²) in [5.41, 5.74) is 2.60. The summed E-state index contributed by atoms with van der Waals surface area (Å²) in [5.74, 6) is -2.68. The highest BCUT2D eigenvalue weighted by Crippen LogP contribution is 2.37. The van der Waals surface area contributed by atoms with E-state index in [1.807, 2.05) is 13.8 Å². The lowest BCUT2D eigenvalue weighted by molar-refractivity contribution is -0.118. The van der Waals surface area contributed by atoms with E-state index in [9.17, 15) is 23.2 Å². The van der Waals surface area contributed by atoms with Crippen LogP contribution in [0.2, 0.25) is 0 Å². The van der Waals surface area contributed by atoms with Gasteiger partial charge < -0.3 is 15.6 Å². The maximum absolute atomic E-state index is 13.2. The number of nitrogens with one attached hydrogen (secondary N) is 3. The standard InChI is InChI=1S/C26H31F2N3O3S/c1-14-21-19(12-26(2,3)13-20(21)32)30-22(14)24(34)31-18(11-6-15-4-5-15)23(33)29-16-7-9-17(10-8-16)35-25(27)28/h7-10,15,18,25,30H,4-6,11-13H2,1-3H3,(H,29,33)(H,31,34). The number of fused-ring (bicyclic) bond motifs is 1. The van der Waals surface area contributed by atoms with Crippen LogP contribution in [-0.4, -0.2) is 34.4 Å². The van der Waals surface area contributed by atoms with Crippen molar-refractivity contribution >= 4 is 35.0 Å². The molecular formula is C26H31F2N3O3S. The Bertz CT molecular complexity index is 1120. The van der Waals surface area contributed by atoms with E-state index < -0.39 is 17.7 Å². The second-order valence-corrected chi connectivity index (χ2v) is 11.4. The number of carbonyl (C=O) groups excluding carboxylic acids is 3. The normalized spacial score (nSPS) is 17.7. The van der Waals surface area contributed by atoms with Crippen molar-refractivity contribution in [1.29, 1.82) is 0 Å². The van der Waals surface area contributed by atoms with Gasteiger partial charge in [-0.15, -0.1) is 0 Å². The van der Waals surface area contributed by atoms with Crippen LogP contribution in [0.3, 0.4) is 0 Å². The molecule has 6 nitrogen and oxygen atoms in total. The third-order valence-corrected chi connectivity index (χ3v) is 7.38. The first-order valence-corrected chi connectivity index (χ1v) is 12.8. The predicted molar refractivity (Wildman–Crippen MR) is 132 cm³/mol. The van der Waals surface area contributed by atoms with Gasteiger partial charge in [0.05, 0.1) is 0 Å². The van der Waals surface area contributed by atoms with E-state index in [-0.39, 0.29) is 17.1 Å². The third kappa shape index (κ3) is 6.31. The summed E-state index contributed by atoms with van der Waals surface area (Å²) < 4.78 is 25.1. The number of alkyl halides is 2. The number of rotatable bonds is 9. The van der Waals surface area contributed by atoms with Gasteiger partial charge in [-0.3, -0.25) is 14.4 Å². The Morgan fingerprint density at radius 1 is 1.17 bits per heavy atom. The van der Waals surface area contributed by atoms with Crippen LogP contribution in [0, 0.1) is 18.3 Å². The highest BCUT2D eigenvalue weighted by molar-refractivity contribution is 7.99. The summed E-state index contributed by atoms with van der Waals surface area (Å²) in [7, 11) is 0. The van der Waals surface area contributed by atoms with Crippen molar-refractivity contribution in [2.24, 2.45) is 11.3 Å². The lowest BCUT2D eigenvalue weighted by Crippen LogP contribution is -2.44. The third-order valence-electron chi connectivity index (χ3n) is 6.66. The number of benzene rings is 1. The summed E-state index contributed by atoms with van der Waals surface area (Å²) in [6, 6.07) is 5.42. The lowest BCUT2D eigenvalue weighted by atomic mass is 9.75. The first kappa shape index (κ1) is 25.4. The van der Waals surface area contributed by atoms with Gasteiger partial charge in [-0.2, -0.15) is 8.78 Å². The smallest absolute Gasteiger partial charge is 0.288 e. The van der Waals surface area contributed by atoms with Crippen LogP contribution in [0.25, 0.3) is 0 Å². The van der Waals surface area contributed by atoms with E-state index in [2.05, 4.69) is 15.6 Å². The van der Waals surface area contributed by atoms with Crippen molar-refractivity contribution in [2.45, 2.75) is 76.0 Å². The van der Waals surface area contributed by atoms with E-state index in [1.54, 1.807) is 19.1 Å². The molecular weight excluding hydrogens is 472 g/mol. The highest BCUT2D eigenvalue weighted by atomic mass is 32.2. The van der Waals surface area contributed by atoms with Gasteiger partial charge in [-0.05, 0) is 67.3 Å². The maximum atomic E-state index is 13.2. The Labute approximate surface area is 208 Å². The topological polar surface area (TPSA) is 91.1 Å². The number of amides is 2. The Hall–Kier alpha value is -2.68. The number of aromatic amines is 1. The fourth-order valence-electron chi connectivity index (χ4n) is 4.72. The number of aromatic nitrogens is 1. The summed E-state index contributed by atoms with van der Waals surface area (Å²) in [5, 5.41) is 5.65. The zero-order chi connectivity index (χ0) is 25.3. The molecule has 0 aliphatic heterocycles. The number of hydrogen-bond acceptors (Lipinski definition) is 4. The van der Waals surface area contributed by atoms with Gasteiger partial charge in [-0.25, -0.2) is 0 Å². The Morgan fingerprint density at radius 3 is 2.49 bits per heavy atom. The van der Waals surface area contributed by atoms with Gasteiger partial charge in [0.2, 0.25) is 5.91 Å². The molecule has 2 aliphatic carbocycles. The van der Waals surface area contributed by atoms with Crippen LogP contribution in [0.1, 0.15) is 78.1 Å². The maximum Gasteiger partial charge on any atom is 0.288 e. The second kappa shape index (κ2) is 10.1. The molecule has 0 spiro atoms. The number of halogens is 2. The molecule has 3 N–H and O–H groups in total. The number of Topliss-reactive ketones (excluding diaryl/α,β-unsaturated/α-hetero) is 1. The molecule has 9 heteroatoms. The minimum absolute atomic E-state index is 0.0283. The second-order valence-electron chi connectivity index (χ2n) is 10.4. The molecule has 1 atom stereocenters. The van der Waals surface area contributed by atoms with E-state index >= 15 is 0 Å². The lowest BCUT2D eigenvalue weighted by Gasteiger charge is -2.28. The Balaban J connectivity index is 1.48. The van der Waals surface area contributed by atoms with Crippen LogP contribution in [0.4, 0.5) is 14.5 Å². The average Bonchev–Trinajstić information content (AvgIpc) is 3.53. The molecule has 1 heterocycles. The summed E-state index contributed by atoms with van der Waals surface area (Å²) in [4.78, 5) is 42.6. The molecule has 2 aromatic rings. The van der Waals surface area contributed by atoms with E-state index in [4.69, 9.17) is 0 Å². The molecule has 2 aliphatic rings.